The molecule has 0 unspecified atom stereocenters. The van der Waals surface area contributed by atoms with Crippen LogP contribution in [0.4, 0.5) is 0 Å². The molecule has 0 saturated heterocycles. The van der Waals surface area contributed by atoms with Crippen LogP contribution < -0.4 is 0 Å². The van der Waals surface area contributed by atoms with Crippen molar-refractivity contribution in [2.24, 2.45) is 35.5 Å². The first kappa shape index (κ1) is 18.7. The summed E-state index contributed by atoms with van der Waals surface area (Å²) in [7, 11) is 0. The van der Waals surface area contributed by atoms with Crippen LogP contribution in [0, 0.1) is 35.5 Å². The Hall–Kier alpha value is 0.130. The summed E-state index contributed by atoms with van der Waals surface area (Å²) in [4.78, 5) is 0. The molecule has 8 aliphatic carbocycles. The van der Waals surface area contributed by atoms with E-state index >= 15 is 0 Å². The van der Waals surface area contributed by atoms with Crippen LogP contribution in [-0.2, 0) is 6.16 Å². The number of hydrogen-bond donors (Lipinski definition) is 0. The lowest BCUT2D eigenvalue weighted by Gasteiger charge is -2.66. The Labute approximate surface area is 186 Å². The van der Waals surface area contributed by atoms with Gasteiger partial charge in [-0.15, -0.1) is 0 Å². The maximum atomic E-state index is 4.91. The summed E-state index contributed by atoms with van der Waals surface area (Å²) in [5, 5.41) is 1.37. The van der Waals surface area contributed by atoms with Crippen LogP contribution in [0.5, 0.6) is 0 Å². The van der Waals surface area contributed by atoms with Crippen molar-refractivity contribution >= 4 is 21.5 Å². The van der Waals surface area contributed by atoms with Gasteiger partial charge in [0, 0.05) is 0 Å². The summed E-state index contributed by atoms with van der Waals surface area (Å²) < 4.78 is 0. The zero-order valence-corrected chi connectivity index (χ0v) is 20.3. The van der Waals surface area contributed by atoms with Crippen molar-refractivity contribution in [2.45, 2.75) is 93.5 Å². The van der Waals surface area contributed by atoms with E-state index in [0.717, 1.165) is 35.5 Å². The van der Waals surface area contributed by atoms with Gasteiger partial charge in [0.15, 0.2) is 0 Å². The van der Waals surface area contributed by atoms with Crippen LogP contribution in [0.3, 0.4) is 0 Å². The monoisotopic (exact) mass is 471 g/mol. The fourth-order valence-electron chi connectivity index (χ4n) is 10.7. The van der Waals surface area contributed by atoms with Gasteiger partial charge in [-0.05, 0) is 118 Å². The molecular weight excluding hydrogens is 435 g/mol. The van der Waals surface area contributed by atoms with Gasteiger partial charge in [-0.25, -0.2) is 0 Å². The van der Waals surface area contributed by atoms with Crippen molar-refractivity contribution in [1.82, 2.24) is 0 Å². The van der Waals surface area contributed by atoms with E-state index in [-0.39, 0.29) is 0 Å². The van der Waals surface area contributed by atoms with Gasteiger partial charge in [-0.3, -0.25) is 0 Å². The van der Waals surface area contributed by atoms with Gasteiger partial charge in [-0.2, -0.15) is 0 Å². The Kier molecular flexibility index (Phi) is 4.09. The predicted octanol–water partition coefficient (Wildman–Crippen LogP) is 8.45. The molecule has 0 spiro atoms. The summed E-state index contributed by atoms with van der Waals surface area (Å²) in [6.07, 6.45) is 20.4. The van der Waals surface area contributed by atoms with Crippen LogP contribution in [0.15, 0.2) is 30.3 Å². The lowest BCUT2D eigenvalue weighted by molar-refractivity contribution is 0.0177. The largest absolute Gasteiger partial charge is 0.140 e. The second-order valence-corrected chi connectivity index (χ2v) is 19.9. The second-order valence-electron chi connectivity index (χ2n) is 12.6. The van der Waals surface area contributed by atoms with Gasteiger partial charge in [0.05, 0.1) is 16.5 Å². The molecule has 8 aliphatic rings. The third-order valence-electron chi connectivity index (χ3n) is 10.8. The third kappa shape index (κ3) is 2.65. The minimum absolute atomic E-state index is 0.684. The maximum Gasteiger partial charge on any atom is 0.140 e. The van der Waals surface area contributed by atoms with Crippen molar-refractivity contribution < 1.29 is 0 Å². The molecule has 8 saturated carbocycles. The number of halogens is 1. The van der Waals surface area contributed by atoms with Crippen LogP contribution in [0.1, 0.15) is 82.6 Å². The molecule has 8 bridgehead atoms. The number of rotatable bonds is 4. The van der Waals surface area contributed by atoms with Gasteiger partial charge in [0.2, 0.25) is 0 Å². The quantitative estimate of drug-likeness (QED) is 0.386. The summed E-state index contributed by atoms with van der Waals surface area (Å²) >= 11 is 4.91. The SMILES string of the molecule is Br[P+](Cc1ccccc1)(C12CC3CC(CC(C3)C1)C2)C12CC3CC(CC(C3)C1)C2. The van der Waals surface area contributed by atoms with Gasteiger partial charge in [0.1, 0.15) is 21.5 Å². The standard InChI is InChI=1S/C27H37BrP/c28-29(18-19-4-2-1-3-5-19,26-12-20-6-21(13-26)8-22(7-20)14-26)27-15-23-9-24(16-27)11-25(10-23)17-27/h1-5,20-25H,6-18H2/q+1. The predicted molar refractivity (Wildman–Crippen MR) is 128 cm³/mol. The average molecular weight is 472 g/mol. The van der Waals surface area contributed by atoms with E-state index < -0.39 is 5.96 Å². The van der Waals surface area contributed by atoms with Crippen molar-refractivity contribution in [3.8, 4) is 0 Å². The molecule has 9 rings (SSSR count). The van der Waals surface area contributed by atoms with E-state index in [0.29, 0.717) is 10.3 Å². The minimum Gasteiger partial charge on any atom is -0.0622 e. The van der Waals surface area contributed by atoms with E-state index in [2.05, 4.69) is 30.3 Å². The zero-order chi connectivity index (χ0) is 19.3. The lowest BCUT2D eigenvalue weighted by Crippen LogP contribution is -2.58. The molecule has 8 fully saturated rings. The Morgan fingerprint density at radius 1 is 0.621 bits per heavy atom. The molecule has 2 heteroatoms. The van der Waals surface area contributed by atoms with E-state index in [4.69, 9.17) is 15.5 Å². The smallest absolute Gasteiger partial charge is 0.0622 e. The van der Waals surface area contributed by atoms with Crippen molar-refractivity contribution in [1.29, 1.82) is 0 Å². The zero-order valence-electron chi connectivity index (χ0n) is 17.9. The summed E-state index contributed by atoms with van der Waals surface area (Å²) in [6.45, 7) is 0. The maximum absolute atomic E-state index is 4.91. The number of hydrogen-bond acceptors (Lipinski definition) is 0. The summed E-state index contributed by atoms with van der Waals surface area (Å²) in [5.74, 6) is 5.15. The molecule has 0 nitrogen and oxygen atoms in total. The van der Waals surface area contributed by atoms with E-state index in [1.54, 1.807) is 82.6 Å². The van der Waals surface area contributed by atoms with Gasteiger partial charge in [0.25, 0.3) is 0 Å². The topological polar surface area (TPSA) is 0 Å². The lowest BCUT2D eigenvalue weighted by atomic mass is 9.55. The highest BCUT2D eigenvalue weighted by Crippen LogP contribution is 2.93. The molecule has 0 amide bonds. The Balaban J connectivity index is 1.36. The van der Waals surface area contributed by atoms with E-state index in [1.165, 1.54) is 6.16 Å². The molecule has 0 heterocycles. The fraction of sp³-hybridized carbons (Fsp3) is 0.778. The minimum atomic E-state index is -1.28. The molecule has 1 aromatic rings. The Bertz CT molecular complexity index is 683. The molecule has 0 radical (unpaired) electrons. The van der Waals surface area contributed by atoms with Crippen molar-refractivity contribution in [2.75, 3.05) is 0 Å². The highest BCUT2D eigenvalue weighted by atomic mass is 79.9. The van der Waals surface area contributed by atoms with Crippen LogP contribution in [-0.4, -0.2) is 10.3 Å². The first-order valence-corrected chi connectivity index (χ1v) is 16.7. The van der Waals surface area contributed by atoms with Crippen LogP contribution >= 0.6 is 21.5 Å². The van der Waals surface area contributed by atoms with Crippen LogP contribution in [0.25, 0.3) is 0 Å². The van der Waals surface area contributed by atoms with E-state index in [9.17, 15) is 0 Å². The molecule has 29 heavy (non-hydrogen) atoms. The Morgan fingerprint density at radius 2 is 0.966 bits per heavy atom. The molecule has 1 aromatic carbocycles. The second kappa shape index (κ2) is 6.34. The van der Waals surface area contributed by atoms with Crippen molar-refractivity contribution in [3.05, 3.63) is 35.9 Å². The normalized spacial score (nSPS) is 51.3. The molecule has 0 N–H and O–H groups in total. The number of benzene rings is 1. The fourth-order valence-corrected chi connectivity index (χ4v) is 19.8. The molecule has 0 aliphatic heterocycles. The molecule has 156 valence electrons. The molecule has 0 aromatic heterocycles. The molecular formula is C27H37BrP+. The van der Waals surface area contributed by atoms with Gasteiger partial charge in [-0.1, -0.05) is 30.3 Å². The first-order valence-electron chi connectivity index (χ1n) is 12.7. The Morgan fingerprint density at radius 3 is 1.31 bits per heavy atom. The van der Waals surface area contributed by atoms with Crippen LogP contribution in [0.2, 0.25) is 0 Å². The van der Waals surface area contributed by atoms with E-state index in [1.807, 2.05) is 0 Å². The van der Waals surface area contributed by atoms with Gasteiger partial charge < -0.3 is 0 Å². The van der Waals surface area contributed by atoms with Crippen molar-refractivity contribution in [3.63, 3.8) is 0 Å². The average Bonchev–Trinajstić information content (AvgIpc) is 2.66. The third-order valence-corrected chi connectivity index (χ3v) is 20.9. The molecule has 0 atom stereocenters. The summed E-state index contributed by atoms with van der Waals surface area (Å²) in [5.41, 5.74) is 1.64. The highest BCUT2D eigenvalue weighted by molar-refractivity contribution is 9.42. The van der Waals surface area contributed by atoms with Gasteiger partial charge >= 0.3 is 0 Å². The highest BCUT2D eigenvalue weighted by Gasteiger charge is 2.74. The summed E-state index contributed by atoms with van der Waals surface area (Å²) in [6, 6.07) is 11.7. The first-order chi connectivity index (χ1) is 14.0.